The van der Waals surface area contributed by atoms with Gasteiger partial charge in [0.1, 0.15) is 24.6 Å². The Morgan fingerprint density at radius 2 is 1.80 bits per heavy atom. The number of nitrogen functional groups attached to an aromatic ring is 1. The number of nitrogens with zero attached hydrogens (tertiary/aromatic N) is 5. The van der Waals surface area contributed by atoms with Crippen molar-refractivity contribution in [3.8, 4) is 0 Å². The summed E-state index contributed by atoms with van der Waals surface area (Å²) < 4.78 is 11.7. The van der Waals surface area contributed by atoms with Gasteiger partial charge in [0.05, 0.1) is 0 Å². The normalized spacial score (nSPS) is 23.7. The van der Waals surface area contributed by atoms with E-state index in [0.29, 0.717) is 6.42 Å². The van der Waals surface area contributed by atoms with E-state index >= 15 is 0 Å². The lowest BCUT2D eigenvalue weighted by atomic mass is 10.1. The minimum atomic E-state index is -2.09. The first kappa shape index (κ1) is 28.6. The molecule has 1 aromatic rings. The molecule has 1 fully saturated rings. The number of esters is 1. The molecule has 1 aliphatic heterocycles. The standard InChI is InChI=1S/C23H38N6O6/c1-2-3-4-5-6-7-8-9-10-11-12-13-18(30)34-16-23(27-28-25)20(32)19(31)21(35-23)29-15-14-17(24)26-22(29)33/h14-15,19-21,31-32H,2-13,16H2,1H3,(H2,24,26,33)/t19-,20-,21+,23+/m0/s1. The number of nitrogens with two attached hydrogens (primary N) is 1. The lowest BCUT2D eigenvalue weighted by Gasteiger charge is -2.26. The highest BCUT2D eigenvalue weighted by molar-refractivity contribution is 5.69. The number of carbonyl (C=O) groups excluding carboxylic acids is 1. The lowest BCUT2D eigenvalue weighted by molar-refractivity contribution is -0.165. The zero-order chi connectivity index (χ0) is 25.7. The number of rotatable bonds is 16. The fourth-order valence-corrected chi connectivity index (χ4v) is 4.11. The van der Waals surface area contributed by atoms with Gasteiger partial charge in [-0.05, 0) is 18.0 Å². The van der Waals surface area contributed by atoms with Gasteiger partial charge in [-0.3, -0.25) is 9.36 Å². The van der Waals surface area contributed by atoms with Crippen LogP contribution in [0.3, 0.4) is 0 Å². The van der Waals surface area contributed by atoms with Crippen LogP contribution >= 0.6 is 0 Å². The molecule has 12 nitrogen and oxygen atoms in total. The van der Waals surface area contributed by atoms with Crippen molar-refractivity contribution in [2.75, 3.05) is 12.3 Å². The number of aliphatic hydroxyl groups excluding tert-OH is 2. The van der Waals surface area contributed by atoms with Crippen LogP contribution in [0, 0.1) is 0 Å². The van der Waals surface area contributed by atoms with Crippen LogP contribution in [0.1, 0.15) is 90.2 Å². The quantitative estimate of drug-likeness (QED) is 0.103. The van der Waals surface area contributed by atoms with Crippen LogP contribution in [0.25, 0.3) is 10.4 Å². The molecule has 1 aromatic heterocycles. The molecule has 2 rings (SSSR count). The number of unbranched alkanes of at least 4 members (excludes halogenated alkanes) is 10. The highest BCUT2D eigenvalue weighted by atomic mass is 16.6. The summed E-state index contributed by atoms with van der Waals surface area (Å²) >= 11 is 0. The molecule has 196 valence electrons. The number of ether oxygens (including phenoxy) is 2. The van der Waals surface area contributed by atoms with Crippen LogP contribution in [-0.4, -0.2) is 50.3 Å². The third kappa shape index (κ3) is 8.50. The van der Waals surface area contributed by atoms with E-state index in [0.717, 1.165) is 23.8 Å². The highest BCUT2D eigenvalue weighted by Gasteiger charge is 2.56. The molecule has 0 aliphatic carbocycles. The number of aliphatic hydroxyl groups is 2. The molecule has 1 saturated heterocycles. The van der Waals surface area contributed by atoms with E-state index < -0.39 is 42.4 Å². The van der Waals surface area contributed by atoms with Gasteiger partial charge in [0, 0.05) is 17.5 Å². The maximum Gasteiger partial charge on any atom is 0.351 e. The van der Waals surface area contributed by atoms with Crippen LogP contribution in [-0.2, 0) is 14.3 Å². The smallest absolute Gasteiger partial charge is 0.351 e. The van der Waals surface area contributed by atoms with Crippen molar-refractivity contribution in [1.82, 2.24) is 9.55 Å². The minimum absolute atomic E-state index is 0.0306. The average molecular weight is 495 g/mol. The summed E-state index contributed by atoms with van der Waals surface area (Å²) in [5.41, 5.74) is 11.5. The zero-order valence-corrected chi connectivity index (χ0v) is 20.4. The molecule has 35 heavy (non-hydrogen) atoms. The fourth-order valence-electron chi connectivity index (χ4n) is 4.11. The maximum absolute atomic E-state index is 12.2. The van der Waals surface area contributed by atoms with E-state index in [1.807, 2.05) is 0 Å². The number of anilines is 1. The fraction of sp³-hybridized carbons (Fsp3) is 0.783. The largest absolute Gasteiger partial charge is 0.462 e. The first-order valence-corrected chi connectivity index (χ1v) is 12.4. The highest BCUT2D eigenvalue weighted by Crippen LogP contribution is 2.38. The predicted octanol–water partition coefficient (Wildman–Crippen LogP) is 3.33. The molecule has 0 amide bonds. The molecule has 0 unspecified atom stereocenters. The Labute approximate surface area is 205 Å². The first-order valence-electron chi connectivity index (χ1n) is 12.4. The van der Waals surface area contributed by atoms with Crippen LogP contribution < -0.4 is 11.4 Å². The number of hydrogen-bond donors (Lipinski definition) is 3. The van der Waals surface area contributed by atoms with Crippen molar-refractivity contribution < 1.29 is 24.5 Å². The SMILES string of the molecule is CCCCCCCCCCCCCC(=O)OC[C@@]1(N=[N+]=[N-])O[C@@H](n2ccc(N)nc2=O)[C@@H](O)[C@@H]1O. The van der Waals surface area contributed by atoms with E-state index in [4.69, 9.17) is 20.7 Å². The summed E-state index contributed by atoms with van der Waals surface area (Å²) in [6, 6.07) is 1.31. The van der Waals surface area contributed by atoms with Gasteiger partial charge in [-0.2, -0.15) is 4.98 Å². The number of aromatic nitrogens is 2. The van der Waals surface area contributed by atoms with Gasteiger partial charge in [-0.25, -0.2) is 4.79 Å². The molecule has 0 aromatic carbocycles. The number of carbonyl (C=O) groups is 1. The van der Waals surface area contributed by atoms with Crippen molar-refractivity contribution >= 4 is 11.8 Å². The topological polar surface area (TPSA) is 186 Å². The summed E-state index contributed by atoms with van der Waals surface area (Å²) in [4.78, 5) is 30.5. The maximum atomic E-state index is 12.2. The Morgan fingerprint density at radius 1 is 1.20 bits per heavy atom. The summed E-state index contributed by atoms with van der Waals surface area (Å²) in [6.07, 6.45) is 9.28. The van der Waals surface area contributed by atoms with Crippen molar-refractivity contribution in [2.45, 2.75) is 108 Å². The van der Waals surface area contributed by atoms with E-state index in [2.05, 4.69) is 21.9 Å². The average Bonchev–Trinajstić information content (AvgIpc) is 3.07. The molecule has 0 spiro atoms. The lowest BCUT2D eigenvalue weighted by Crippen LogP contribution is -2.45. The number of hydrogen-bond acceptors (Lipinski definition) is 9. The van der Waals surface area contributed by atoms with E-state index in [9.17, 15) is 19.8 Å². The van der Waals surface area contributed by atoms with Gasteiger partial charge < -0.3 is 25.4 Å². The third-order valence-electron chi connectivity index (χ3n) is 6.17. The van der Waals surface area contributed by atoms with Crippen LogP contribution in [0.2, 0.25) is 0 Å². The molecule has 0 saturated carbocycles. The Hall–Kier alpha value is -2.66. The van der Waals surface area contributed by atoms with E-state index in [1.165, 1.54) is 57.2 Å². The van der Waals surface area contributed by atoms with Crippen molar-refractivity contribution in [1.29, 1.82) is 0 Å². The summed E-state index contributed by atoms with van der Waals surface area (Å²) in [6.45, 7) is 1.60. The Morgan fingerprint density at radius 3 is 2.37 bits per heavy atom. The molecule has 4 atom stereocenters. The van der Waals surface area contributed by atoms with E-state index in [-0.39, 0.29) is 12.2 Å². The summed E-state index contributed by atoms with van der Waals surface area (Å²) in [5.74, 6) is -0.564. The van der Waals surface area contributed by atoms with Crippen LogP contribution in [0.5, 0.6) is 0 Å². The van der Waals surface area contributed by atoms with Gasteiger partial charge in [0.15, 0.2) is 6.23 Å². The molecule has 2 heterocycles. The minimum Gasteiger partial charge on any atom is -0.462 e. The van der Waals surface area contributed by atoms with Gasteiger partial charge in [-0.15, -0.1) is 0 Å². The Kier molecular flexibility index (Phi) is 12.0. The molecule has 12 heteroatoms. The number of azide groups is 1. The van der Waals surface area contributed by atoms with Crippen LogP contribution in [0.15, 0.2) is 22.2 Å². The van der Waals surface area contributed by atoms with Crippen molar-refractivity contribution in [2.24, 2.45) is 5.11 Å². The summed E-state index contributed by atoms with van der Waals surface area (Å²) in [7, 11) is 0. The molecule has 0 radical (unpaired) electrons. The van der Waals surface area contributed by atoms with Crippen LogP contribution in [0.4, 0.5) is 5.82 Å². The molecule has 4 N–H and O–H groups in total. The van der Waals surface area contributed by atoms with Gasteiger partial charge in [0.2, 0.25) is 5.72 Å². The molecule has 0 bridgehead atoms. The molecular weight excluding hydrogens is 456 g/mol. The second kappa shape index (κ2) is 14.7. The van der Waals surface area contributed by atoms with E-state index in [1.54, 1.807) is 0 Å². The van der Waals surface area contributed by atoms with Gasteiger partial charge in [0.25, 0.3) is 0 Å². The van der Waals surface area contributed by atoms with Crippen molar-refractivity contribution in [3.05, 3.63) is 33.2 Å². The molecule has 1 aliphatic rings. The first-order chi connectivity index (χ1) is 16.8. The second-order valence-corrected chi connectivity index (χ2v) is 8.97. The summed E-state index contributed by atoms with van der Waals surface area (Å²) in [5, 5.41) is 24.4. The Balaban J connectivity index is 1.77. The van der Waals surface area contributed by atoms with Gasteiger partial charge in [-0.1, -0.05) is 76.2 Å². The zero-order valence-electron chi connectivity index (χ0n) is 20.4. The monoisotopic (exact) mass is 494 g/mol. The predicted molar refractivity (Wildman–Crippen MR) is 129 cm³/mol. The van der Waals surface area contributed by atoms with Crippen molar-refractivity contribution in [3.63, 3.8) is 0 Å². The second-order valence-electron chi connectivity index (χ2n) is 8.97. The molecular formula is C23H38N6O6. The van der Waals surface area contributed by atoms with Gasteiger partial charge >= 0.3 is 11.7 Å². The third-order valence-corrected chi connectivity index (χ3v) is 6.17. The Bertz CT molecular complexity index is 905.